The predicted octanol–water partition coefficient (Wildman–Crippen LogP) is 1.03. The van der Waals surface area contributed by atoms with Crippen molar-refractivity contribution in [3.05, 3.63) is 35.6 Å². The molecule has 1 aromatic heterocycles. The van der Waals surface area contributed by atoms with E-state index in [1.54, 1.807) is 0 Å². The van der Waals surface area contributed by atoms with Crippen LogP contribution in [0.4, 0.5) is 4.79 Å². The van der Waals surface area contributed by atoms with E-state index in [4.69, 9.17) is 10.2 Å². The first-order chi connectivity index (χ1) is 9.08. The Bertz CT molecular complexity index is 619. The number of furan rings is 1. The number of nitrogens with two attached hydrogens (primary N) is 1. The largest absolute Gasteiger partial charge is 0.459 e. The van der Waals surface area contributed by atoms with Gasteiger partial charge in [0.05, 0.1) is 13.1 Å². The van der Waals surface area contributed by atoms with Crippen molar-refractivity contribution in [2.45, 2.75) is 13.5 Å². The average Bonchev–Trinajstić information content (AvgIpc) is 2.71. The molecule has 2 aromatic rings. The Balaban J connectivity index is 2.00. The van der Waals surface area contributed by atoms with Crippen molar-refractivity contribution in [3.8, 4) is 0 Å². The van der Waals surface area contributed by atoms with Crippen molar-refractivity contribution in [2.75, 3.05) is 6.54 Å². The van der Waals surface area contributed by atoms with Gasteiger partial charge in [0.25, 0.3) is 0 Å². The maximum absolute atomic E-state index is 11.4. The van der Waals surface area contributed by atoms with Gasteiger partial charge in [0.1, 0.15) is 11.3 Å². The van der Waals surface area contributed by atoms with Crippen LogP contribution in [0, 0.1) is 6.92 Å². The van der Waals surface area contributed by atoms with E-state index in [0.717, 1.165) is 16.5 Å². The fourth-order valence-electron chi connectivity index (χ4n) is 1.80. The molecule has 1 heterocycles. The number of nitrogens with one attached hydrogen (secondary N) is 2. The van der Waals surface area contributed by atoms with Crippen LogP contribution in [-0.4, -0.2) is 18.5 Å². The molecule has 1 aromatic carbocycles. The number of primary amides is 1. The highest BCUT2D eigenvalue weighted by Crippen LogP contribution is 2.24. The van der Waals surface area contributed by atoms with Gasteiger partial charge in [-0.3, -0.25) is 4.79 Å². The second-order valence-electron chi connectivity index (χ2n) is 4.14. The zero-order valence-electron chi connectivity index (χ0n) is 10.5. The van der Waals surface area contributed by atoms with Crippen molar-refractivity contribution in [1.82, 2.24) is 10.6 Å². The number of hydrogen-bond acceptors (Lipinski definition) is 3. The van der Waals surface area contributed by atoms with E-state index in [2.05, 4.69) is 10.6 Å². The number of carbonyl (C=O) groups is 2. The lowest BCUT2D eigenvalue weighted by molar-refractivity contribution is -0.120. The molecule has 0 aliphatic rings. The molecule has 4 N–H and O–H groups in total. The third kappa shape index (κ3) is 3.04. The SMILES string of the molecule is Cc1c(CNC(=O)CNC(N)=O)oc2ccccc12. The summed E-state index contributed by atoms with van der Waals surface area (Å²) in [5, 5.41) is 5.90. The van der Waals surface area contributed by atoms with Gasteiger partial charge in [-0.15, -0.1) is 0 Å². The monoisotopic (exact) mass is 261 g/mol. The predicted molar refractivity (Wildman–Crippen MR) is 70.4 cm³/mol. The molecule has 0 aliphatic carbocycles. The summed E-state index contributed by atoms with van der Waals surface area (Å²) in [7, 11) is 0. The molecular weight excluding hydrogens is 246 g/mol. The fraction of sp³-hybridized carbons (Fsp3) is 0.231. The fourth-order valence-corrected chi connectivity index (χ4v) is 1.80. The van der Waals surface area contributed by atoms with E-state index in [9.17, 15) is 9.59 Å². The van der Waals surface area contributed by atoms with Crippen LogP contribution in [-0.2, 0) is 11.3 Å². The van der Waals surface area contributed by atoms with Gasteiger partial charge in [-0.25, -0.2) is 4.79 Å². The molecule has 0 spiro atoms. The molecule has 19 heavy (non-hydrogen) atoms. The first kappa shape index (κ1) is 12.9. The molecule has 2 rings (SSSR count). The van der Waals surface area contributed by atoms with Gasteiger partial charge < -0.3 is 20.8 Å². The molecule has 0 unspecified atom stereocenters. The lowest BCUT2D eigenvalue weighted by Gasteiger charge is -2.04. The minimum absolute atomic E-state index is 0.144. The van der Waals surface area contributed by atoms with Crippen molar-refractivity contribution < 1.29 is 14.0 Å². The van der Waals surface area contributed by atoms with Gasteiger partial charge in [-0.2, -0.15) is 0 Å². The molecule has 0 atom stereocenters. The highest BCUT2D eigenvalue weighted by molar-refractivity contribution is 5.84. The van der Waals surface area contributed by atoms with Crippen LogP contribution in [0.2, 0.25) is 0 Å². The number of hydrogen-bond donors (Lipinski definition) is 3. The Morgan fingerprint density at radius 1 is 1.26 bits per heavy atom. The molecule has 0 aliphatic heterocycles. The smallest absolute Gasteiger partial charge is 0.312 e. The Hall–Kier alpha value is -2.50. The summed E-state index contributed by atoms with van der Waals surface area (Å²) in [5.74, 6) is 0.382. The van der Waals surface area contributed by atoms with Crippen molar-refractivity contribution in [1.29, 1.82) is 0 Å². The van der Waals surface area contributed by atoms with Crippen LogP contribution in [0.25, 0.3) is 11.0 Å². The third-order valence-electron chi connectivity index (χ3n) is 2.81. The number of amides is 3. The zero-order valence-corrected chi connectivity index (χ0v) is 10.5. The number of aryl methyl sites for hydroxylation is 1. The van der Waals surface area contributed by atoms with Gasteiger partial charge >= 0.3 is 6.03 Å². The molecule has 6 heteroatoms. The quantitative estimate of drug-likeness (QED) is 0.766. The molecule has 100 valence electrons. The molecule has 0 bridgehead atoms. The Kier molecular flexibility index (Phi) is 3.70. The number of fused-ring (bicyclic) bond motifs is 1. The van der Waals surface area contributed by atoms with Gasteiger partial charge in [-0.05, 0) is 13.0 Å². The third-order valence-corrected chi connectivity index (χ3v) is 2.81. The molecule has 0 fully saturated rings. The van der Waals surface area contributed by atoms with Crippen molar-refractivity contribution >= 4 is 22.9 Å². The zero-order chi connectivity index (χ0) is 13.8. The van der Waals surface area contributed by atoms with Crippen LogP contribution < -0.4 is 16.4 Å². The lowest BCUT2D eigenvalue weighted by Crippen LogP contribution is -2.39. The van der Waals surface area contributed by atoms with Gasteiger partial charge in [-0.1, -0.05) is 18.2 Å². The molecule has 6 nitrogen and oxygen atoms in total. The topological polar surface area (TPSA) is 97.4 Å². The van der Waals surface area contributed by atoms with E-state index < -0.39 is 6.03 Å². The maximum Gasteiger partial charge on any atom is 0.312 e. The first-order valence-corrected chi connectivity index (χ1v) is 5.85. The highest BCUT2D eigenvalue weighted by atomic mass is 16.3. The number of urea groups is 1. The molecular formula is C13H15N3O3. The summed E-state index contributed by atoms with van der Waals surface area (Å²) in [6.07, 6.45) is 0. The van der Waals surface area contributed by atoms with Crippen LogP contribution >= 0.6 is 0 Å². The Morgan fingerprint density at radius 3 is 2.68 bits per heavy atom. The second-order valence-corrected chi connectivity index (χ2v) is 4.14. The highest BCUT2D eigenvalue weighted by Gasteiger charge is 2.10. The van der Waals surface area contributed by atoms with Crippen LogP contribution in [0.1, 0.15) is 11.3 Å². The summed E-state index contributed by atoms with van der Waals surface area (Å²) >= 11 is 0. The summed E-state index contributed by atoms with van der Waals surface area (Å²) in [5.41, 5.74) is 6.66. The molecule has 0 saturated carbocycles. The van der Waals surface area contributed by atoms with E-state index >= 15 is 0 Å². The average molecular weight is 261 g/mol. The molecule has 0 saturated heterocycles. The van der Waals surface area contributed by atoms with E-state index in [1.165, 1.54) is 0 Å². The minimum Gasteiger partial charge on any atom is -0.459 e. The number of rotatable bonds is 4. The van der Waals surface area contributed by atoms with E-state index in [-0.39, 0.29) is 19.0 Å². The van der Waals surface area contributed by atoms with Crippen molar-refractivity contribution in [2.24, 2.45) is 5.73 Å². The molecule has 3 amide bonds. The normalized spacial score (nSPS) is 10.4. The number of para-hydroxylation sites is 1. The van der Waals surface area contributed by atoms with Crippen LogP contribution in [0.5, 0.6) is 0 Å². The summed E-state index contributed by atoms with van der Waals surface area (Å²) in [6.45, 7) is 2.07. The van der Waals surface area contributed by atoms with E-state index in [0.29, 0.717) is 5.76 Å². The number of carbonyl (C=O) groups excluding carboxylic acids is 2. The Morgan fingerprint density at radius 2 is 2.00 bits per heavy atom. The van der Waals surface area contributed by atoms with Crippen LogP contribution in [0.3, 0.4) is 0 Å². The first-order valence-electron chi connectivity index (χ1n) is 5.85. The second kappa shape index (κ2) is 5.43. The maximum atomic E-state index is 11.4. The summed E-state index contributed by atoms with van der Waals surface area (Å²) < 4.78 is 5.65. The molecule has 0 radical (unpaired) electrons. The summed E-state index contributed by atoms with van der Waals surface area (Å²) in [6, 6.07) is 6.94. The van der Waals surface area contributed by atoms with Gasteiger partial charge in [0, 0.05) is 10.9 Å². The summed E-state index contributed by atoms with van der Waals surface area (Å²) in [4.78, 5) is 21.9. The lowest BCUT2D eigenvalue weighted by atomic mass is 10.1. The van der Waals surface area contributed by atoms with Gasteiger partial charge in [0.15, 0.2) is 0 Å². The van der Waals surface area contributed by atoms with Gasteiger partial charge in [0.2, 0.25) is 5.91 Å². The van der Waals surface area contributed by atoms with E-state index in [1.807, 2.05) is 31.2 Å². The van der Waals surface area contributed by atoms with Crippen LogP contribution in [0.15, 0.2) is 28.7 Å². The minimum atomic E-state index is -0.727. The number of benzene rings is 1. The Labute approximate surface area is 109 Å². The van der Waals surface area contributed by atoms with Crippen molar-refractivity contribution in [3.63, 3.8) is 0 Å². The standard InChI is InChI=1S/C13H15N3O3/c1-8-9-4-2-3-5-10(9)19-11(8)6-15-12(17)7-16-13(14)18/h2-5H,6-7H2,1H3,(H,15,17)(H3,14,16,18).